The molecule has 0 saturated heterocycles. The lowest BCUT2D eigenvalue weighted by Gasteiger charge is -2.20. The van der Waals surface area contributed by atoms with E-state index in [1.807, 2.05) is 30.3 Å². The summed E-state index contributed by atoms with van der Waals surface area (Å²) in [6.07, 6.45) is 2.06. The Morgan fingerprint density at radius 2 is 1.83 bits per heavy atom. The summed E-state index contributed by atoms with van der Waals surface area (Å²) >= 11 is 0. The summed E-state index contributed by atoms with van der Waals surface area (Å²) in [7, 11) is 1.41. The van der Waals surface area contributed by atoms with E-state index in [0.29, 0.717) is 12.8 Å². The molecule has 1 aliphatic rings. The van der Waals surface area contributed by atoms with Crippen molar-refractivity contribution in [2.45, 2.75) is 25.8 Å². The monoisotopic (exact) mass is 474 g/mol. The zero-order chi connectivity index (χ0) is 24.7. The average molecular weight is 474 g/mol. The van der Waals surface area contributed by atoms with Crippen LogP contribution in [0, 0.1) is 5.82 Å². The molecule has 0 spiro atoms. The molecule has 35 heavy (non-hydrogen) atoms. The van der Waals surface area contributed by atoms with Crippen molar-refractivity contribution >= 4 is 17.4 Å². The summed E-state index contributed by atoms with van der Waals surface area (Å²) in [4.78, 5) is 42.1. The van der Waals surface area contributed by atoms with Gasteiger partial charge in [-0.15, -0.1) is 0 Å². The number of anilines is 2. The number of nitrogen functional groups attached to an aromatic ring is 1. The number of nitrogens with one attached hydrogen (secondary N) is 1. The molecule has 0 radical (unpaired) electrons. The topological polar surface area (TPSA) is 119 Å². The lowest BCUT2D eigenvalue weighted by molar-refractivity contribution is 0.0986. The van der Waals surface area contributed by atoms with E-state index >= 15 is 0 Å². The van der Waals surface area contributed by atoms with Gasteiger partial charge in [-0.25, -0.2) is 13.9 Å². The second-order valence-corrected chi connectivity index (χ2v) is 8.42. The molecule has 0 aliphatic heterocycles. The van der Waals surface area contributed by atoms with E-state index in [-0.39, 0.29) is 29.4 Å². The van der Waals surface area contributed by atoms with E-state index in [1.165, 1.54) is 22.4 Å². The molecule has 0 unspecified atom stereocenters. The van der Waals surface area contributed by atoms with Gasteiger partial charge in [0.15, 0.2) is 11.4 Å². The number of fused-ring (bicyclic) bond motifs is 1. The first-order valence-electron chi connectivity index (χ1n) is 11.2. The molecule has 2 aromatic carbocycles. The third kappa shape index (κ3) is 3.82. The smallest absolute Gasteiger partial charge is 0.330 e. The van der Waals surface area contributed by atoms with Crippen molar-refractivity contribution in [1.29, 1.82) is 0 Å². The molecule has 1 aliphatic carbocycles. The lowest BCUT2D eigenvalue weighted by Crippen LogP contribution is -2.39. The van der Waals surface area contributed by atoms with Gasteiger partial charge in [-0.3, -0.25) is 19.1 Å². The number of hydrogen-bond donors (Lipinski definition) is 2. The van der Waals surface area contributed by atoms with Crippen LogP contribution in [0.25, 0.3) is 5.69 Å². The number of carbonyl (C=O) groups excluding carboxylic acids is 1. The Balaban J connectivity index is 1.57. The van der Waals surface area contributed by atoms with Gasteiger partial charge < -0.3 is 10.6 Å². The quantitative estimate of drug-likeness (QED) is 0.460. The highest BCUT2D eigenvalue weighted by molar-refractivity contribution is 6.06. The third-order valence-electron chi connectivity index (χ3n) is 6.25. The largest absolute Gasteiger partial charge is 0.383 e. The summed E-state index contributed by atoms with van der Waals surface area (Å²) in [5, 5.41) is 4.44. The molecule has 1 amide bonds. The van der Waals surface area contributed by atoms with Crippen LogP contribution in [0.15, 0.2) is 64.2 Å². The van der Waals surface area contributed by atoms with Crippen LogP contribution < -0.4 is 21.9 Å². The first kappa shape index (κ1) is 22.3. The molecule has 0 bridgehead atoms. The predicted octanol–water partition coefficient (Wildman–Crippen LogP) is 2.26. The first-order valence-corrected chi connectivity index (χ1v) is 11.2. The minimum atomic E-state index is -0.780. The number of nitrogens with two attached hydrogens (primary N) is 1. The predicted molar refractivity (Wildman–Crippen MR) is 130 cm³/mol. The van der Waals surface area contributed by atoms with E-state index in [9.17, 15) is 18.8 Å². The Morgan fingerprint density at radius 3 is 2.57 bits per heavy atom. The Morgan fingerprint density at radius 1 is 1.11 bits per heavy atom. The maximum Gasteiger partial charge on any atom is 0.330 e. The molecule has 178 valence electrons. The molecule has 9 nitrogen and oxygen atoms in total. The van der Waals surface area contributed by atoms with E-state index < -0.39 is 23.0 Å². The third-order valence-corrected chi connectivity index (χ3v) is 6.25. The molecule has 0 fully saturated rings. The van der Waals surface area contributed by atoms with Crippen molar-refractivity contribution in [2.75, 3.05) is 17.7 Å². The zero-order valence-electron chi connectivity index (χ0n) is 19.0. The Labute approximate surface area is 199 Å². The van der Waals surface area contributed by atoms with Gasteiger partial charge in [0, 0.05) is 18.3 Å². The maximum atomic E-state index is 14.5. The van der Waals surface area contributed by atoms with Crippen molar-refractivity contribution in [3.8, 4) is 5.69 Å². The fraction of sp³-hybridized carbons (Fsp3) is 0.200. The van der Waals surface area contributed by atoms with Crippen LogP contribution in [-0.4, -0.2) is 32.3 Å². The van der Waals surface area contributed by atoms with Gasteiger partial charge in [0.25, 0.3) is 11.5 Å². The number of H-pyrrole nitrogens is 1. The van der Waals surface area contributed by atoms with E-state index in [4.69, 9.17) is 5.73 Å². The number of benzene rings is 2. The minimum Gasteiger partial charge on any atom is -0.383 e. The number of rotatable bonds is 5. The van der Waals surface area contributed by atoms with Crippen molar-refractivity contribution < 1.29 is 9.18 Å². The average Bonchev–Trinajstić information content (AvgIpc) is 3.45. The van der Waals surface area contributed by atoms with Crippen molar-refractivity contribution in [1.82, 2.24) is 19.3 Å². The summed E-state index contributed by atoms with van der Waals surface area (Å²) in [5.74, 6) is -1.16. The van der Waals surface area contributed by atoms with Crippen LogP contribution in [0.2, 0.25) is 0 Å². The van der Waals surface area contributed by atoms with Crippen molar-refractivity contribution in [2.24, 2.45) is 0 Å². The van der Waals surface area contributed by atoms with Gasteiger partial charge in [-0.1, -0.05) is 42.5 Å². The van der Waals surface area contributed by atoms with E-state index in [2.05, 4.69) is 10.1 Å². The number of nitrogens with zero attached hydrogens (tertiary/aromatic N) is 4. The summed E-state index contributed by atoms with van der Waals surface area (Å²) in [5.41, 5.74) is 7.31. The van der Waals surface area contributed by atoms with E-state index in [0.717, 1.165) is 28.1 Å². The van der Waals surface area contributed by atoms with Crippen LogP contribution in [0.4, 0.5) is 15.9 Å². The number of hydrogen-bond acceptors (Lipinski definition) is 5. The van der Waals surface area contributed by atoms with Crippen molar-refractivity contribution in [3.63, 3.8) is 0 Å². The van der Waals surface area contributed by atoms with Gasteiger partial charge >= 0.3 is 5.69 Å². The van der Waals surface area contributed by atoms with Gasteiger partial charge in [0.05, 0.1) is 6.54 Å². The normalized spacial score (nSPS) is 12.5. The fourth-order valence-corrected chi connectivity index (χ4v) is 4.52. The SMILES string of the molecule is CN(C(=O)c1nn(-c2ccccc2F)c2c1CCC2)c1c(N)n(Cc2ccccc2)c(=O)[nH]c1=O. The molecule has 5 rings (SSSR count). The Kier molecular flexibility index (Phi) is 5.56. The van der Waals surface area contributed by atoms with Crippen LogP contribution in [0.3, 0.4) is 0 Å². The summed E-state index contributed by atoms with van der Waals surface area (Å²) in [6.45, 7) is 0.120. The number of amides is 1. The van der Waals surface area contributed by atoms with Crippen LogP contribution in [-0.2, 0) is 19.4 Å². The summed E-state index contributed by atoms with van der Waals surface area (Å²) in [6, 6.07) is 15.4. The standard InChI is InChI=1S/C25H23FN6O3/c1-30(21-22(27)31(25(35)28-23(21)33)14-15-8-3-2-4-9-15)24(34)20-16-10-7-13-18(16)32(29-20)19-12-6-5-11-17(19)26/h2-6,8-9,11-12H,7,10,13-14,27H2,1H3,(H,28,33,35). The second-order valence-electron chi connectivity index (χ2n) is 8.42. The molecule has 0 saturated carbocycles. The Hall–Kier alpha value is -4.47. The van der Waals surface area contributed by atoms with Gasteiger partial charge in [-0.05, 0) is 37.0 Å². The maximum absolute atomic E-state index is 14.5. The van der Waals surface area contributed by atoms with Gasteiger partial charge in [0.1, 0.15) is 17.3 Å². The van der Waals surface area contributed by atoms with Crippen LogP contribution in [0.5, 0.6) is 0 Å². The zero-order valence-corrected chi connectivity index (χ0v) is 19.0. The molecule has 4 aromatic rings. The molecule has 0 atom stereocenters. The minimum absolute atomic E-state index is 0.120. The molecule has 2 aromatic heterocycles. The molecular formula is C25H23FN6O3. The van der Waals surface area contributed by atoms with Crippen LogP contribution in [0.1, 0.15) is 33.7 Å². The second kappa shape index (κ2) is 8.71. The molecule has 2 heterocycles. The lowest BCUT2D eigenvalue weighted by atomic mass is 10.1. The highest BCUT2D eigenvalue weighted by Gasteiger charge is 2.31. The number of aromatic nitrogens is 4. The summed E-state index contributed by atoms with van der Waals surface area (Å²) < 4.78 is 17.2. The van der Waals surface area contributed by atoms with E-state index in [1.54, 1.807) is 18.2 Å². The van der Waals surface area contributed by atoms with Crippen molar-refractivity contribution in [3.05, 3.63) is 104 Å². The molecule has 3 N–H and O–H groups in total. The Bertz CT molecular complexity index is 1550. The van der Waals surface area contributed by atoms with Crippen LogP contribution >= 0.6 is 0 Å². The highest BCUT2D eigenvalue weighted by atomic mass is 19.1. The van der Waals surface area contributed by atoms with Gasteiger partial charge in [-0.2, -0.15) is 5.10 Å². The number of aromatic amines is 1. The number of para-hydroxylation sites is 1. The number of halogens is 1. The number of carbonyl (C=O) groups is 1. The molecular weight excluding hydrogens is 451 g/mol. The van der Waals surface area contributed by atoms with Gasteiger partial charge in [0.2, 0.25) is 0 Å². The fourth-order valence-electron chi connectivity index (χ4n) is 4.52. The first-order chi connectivity index (χ1) is 16.9. The molecule has 10 heteroatoms. The highest BCUT2D eigenvalue weighted by Crippen LogP contribution is 2.30.